The summed E-state index contributed by atoms with van der Waals surface area (Å²) in [5.41, 5.74) is 4.11. The van der Waals surface area contributed by atoms with Crippen LogP contribution in [0, 0.1) is 13.8 Å². The van der Waals surface area contributed by atoms with Crippen molar-refractivity contribution in [3.05, 3.63) is 57.6 Å². The van der Waals surface area contributed by atoms with Crippen molar-refractivity contribution in [2.24, 2.45) is 0 Å². The van der Waals surface area contributed by atoms with E-state index < -0.39 is 5.97 Å². The van der Waals surface area contributed by atoms with Crippen molar-refractivity contribution in [2.45, 2.75) is 13.8 Å². The van der Waals surface area contributed by atoms with Crippen LogP contribution in [0.1, 0.15) is 21.5 Å². The number of anilines is 2. The summed E-state index contributed by atoms with van der Waals surface area (Å²) >= 11 is 3.48. The lowest BCUT2D eigenvalue weighted by Gasteiger charge is -2.12. The first-order valence-corrected chi connectivity index (χ1v) is 8.58. The Balaban J connectivity index is 1.92. The number of esters is 1. The number of rotatable bonds is 5. The van der Waals surface area contributed by atoms with E-state index in [-0.39, 0.29) is 12.5 Å². The summed E-state index contributed by atoms with van der Waals surface area (Å²) in [6.07, 6.45) is 0. The van der Waals surface area contributed by atoms with Crippen LogP contribution in [0.25, 0.3) is 0 Å². The third-order valence-corrected chi connectivity index (χ3v) is 4.92. The molecule has 0 unspecified atom stereocenters. The summed E-state index contributed by atoms with van der Waals surface area (Å²) in [7, 11) is 3.84. The number of hydrogen-bond donors (Lipinski definition) is 1. The lowest BCUT2D eigenvalue weighted by atomic mass is 10.1. The molecule has 25 heavy (non-hydrogen) atoms. The number of halogens is 1. The van der Waals surface area contributed by atoms with Gasteiger partial charge < -0.3 is 15.0 Å². The topological polar surface area (TPSA) is 58.6 Å². The fraction of sp³-hybridized carbons (Fsp3) is 0.263. The summed E-state index contributed by atoms with van der Waals surface area (Å²) in [6.45, 7) is 3.57. The zero-order valence-electron chi connectivity index (χ0n) is 14.7. The quantitative estimate of drug-likeness (QED) is 0.766. The standard InChI is InChI=1S/C19H21BrN2O3/c1-12-9-15(10-13(2)18(12)20)21-17(23)11-25-19(24)14-5-7-16(8-6-14)22(3)4/h5-10H,11H2,1-4H3,(H,21,23). The average Bonchev–Trinajstić information content (AvgIpc) is 2.57. The summed E-state index contributed by atoms with van der Waals surface area (Å²) in [5, 5.41) is 2.74. The third kappa shape index (κ3) is 5.06. The summed E-state index contributed by atoms with van der Waals surface area (Å²) < 4.78 is 6.08. The van der Waals surface area contributed by atoms with Gasteiger partial charge in [-0.05, 0) is 61.4 Å². The monoisotopic (exact) mass is 404 g/mol. The number of carbonyl (C=O) groups is 2. The van der Waals surface area contributed by atoms with Gasteiger partial charge in [0.05, 0.1) is 5.56 Å². The molecule has 2 aromatic rings. The van der Waals surface area contributed by atoms with Gasteiger partial charge in [-0.2, -0.15) is 0 Å². The van der Waals surface area contributed by atoms with E-state index in [1.165, 1.54) is 0 Å². The second kappa shape index (κ2) is 8.16. The minimum absolute atomic E-state index is 0.331. The smallest absolute Gasteiger partial charge is 0.338 e. The van der Waals surface area contributed by atoms with Crippen molar-refractivity contribution in [1.29, 1.82) is 0 Å². The second-order valence-electron chi connectivity index (χ2n) is 5.99. The first-order valence-electron chi connectivity index (χ1n) is 7.79. The van der Waals surface area contributed by atoms with Gasteiger partial charge in [0.25, 0.3) is 5.91 Å². The van der Waals surface area contributed by atoms with E-state index in [1.54, 1.807) is 12.1 Å². The molecule has 0 aliphatic rings. The Bertz CT molecular complexity index is 763. The minimum atomic E-state index is -0.524. The van der Waals surface area contributed by atoms with Gasteiger partial charge in [-0.1, -0.05) is 15.9 Å². The molecule has 0 spiro atoms. The summed E-state index contributed by atoms with van der Waals surface area (Å²) in [6, 6.07) is 10.7. The van der Waals surface area contributed by atoms with Crippen LogP contribution < -0.4 is 10.2 Å². The predicted molar refractivity (Wildman–Crippen MR) is 103 cm³/mol. The highest BCUT2D eigenvalue weighted by Gasteiger charge is 2.11. The molecule has 0 aliphatic carbocycles. The SMILES string of the molecule is Cc1cc(NC(=O)COC(=O)c2ccc(N(C)C)cc2)cc(C)c1Br. The van der Waals surface area contributed by atoms with E-state index in [9.17, 15) is 9.59 Å². The van der Waals surface area contributed by atoms with E-state index in [0.29, 0.717) is 11.3 Å². The van der Waals surface area contributed by atoms with Gasteiger partial charge in [-0.25, -0.2) is 4.79 Å². The zero-order valence-corrected chi connectivity index (χ0v) is 16.3. The van der Waals surface area contributed by atoms with Crippen molar-refractivity contribution >= 4 is 39.2 Å². The number of hydrogen-bond acceptors (Lipinski definition) is 4. The molecule has 6 heteroatoms. The average molecular weight is 405 g/mol. The van der Waals surface area contributed by atoms with Crippen molar-refractivity contribution in [3.8, 4) is 0 Å². The molecule has 0 aliphatic heterocycles. The van der Waals surface area contributed by atoms with Crippen molar-refractivity contribution in [2.75, 3.05) is 30.9 Å². The predicted octanol–water partition coefficient (Wildman–Crippen LogP) is 3.93. The molecular formula is C19H21BrN2O3. The Hall–Kier alpha value is -2.34. The number of nitrogens with one attached hydrogen (secondary N) is 1. The highest BCUT2D eigenvalue weighted by Crippen LogP contribution is 2.25. The van der Waals surface area contributed by atoms with Gasteiger partial charge in [0.2, 0.25) is 0 Å². The molecule has 0 aromatic heterocycles. The van der Waals surface area contributed by atoms with Crippen LogP contribution >= 0.6 is 15.9 Å². The van der Waals surface area contributed by atoms with Crippen molar-refractivity contribution < 1.29 is 14.3 Å². The van der Waals surface area contributed by atoms with Gasteiger partial charge in [0.15, 0.2) is 6.61 Å². The largest absolute Gasteiger partial charge is 0.452 e. The maximum Gasteiger partial charge on any atom is 0.338 e. The van der Waals surface area contributed by atoms with Crippen LogP contribution in [0.15, 0.2) is 40.9 Å². The first-order chi connectivity index (χ1) is 11.8. The van der Waals surface area contributed by atoms with Crippen LogP contribution in [0.4, 0.5) is 11.4 Å². The number of ether oxygens (including phenoxy) is 1. The second-order valence-corrected chi connectivity index (χ2v) is 6.78. The Morgan fingerprint density at radius 1 is 1.08 bits per heavy atom. The Kier molecular flexibility index (Phi) is 6.20. The molecule has 0 fully saturated rings. The molecule has 1 N–H and O–H groups in total. The molecule has 0 saturated carbocycles. The molecule has 132 valence electrons. The Morgan fingerprint density at radius 2 is 1.64 bits per heavy atom. The number of carbonyl (C=O) groups excluding carboxylic acids is 2. The van der Waals surface area contributed by atoms with Crippen LogP contribution in [-0.2, 0) is 9.53 Å². The minimum Gasteiger partial charge on any atom is -0.452 e. The molecule has 0 bridgehead atoms. The number of benzene rings is 2. The van der Waals surface area contributed by atoms with E-state index >= 15 is 0 Å². The first kappa shape index (κ1) is 19.0. The summed E-state index contributed by atoms with van der Waals surface area (Å²) in [5.74, 6) is -0.900. The highest BCUT2D eigenvalue weighted by atomic mass is 79.9. The van der Waals surface area contributed by atoms with Crippen LogP contribution in [-0.4, -0.2) is 32.6 Å². The fourth-order valence-electron chi connectivity index (χ4n) is 2.33. The Morgan fingerprint density at radius 3 is 2.16 bits per heavy atom. The Labute approximate surface area is 156 Å². The van der Waals surface area contributed by atoms with E-state index in [0.717, 1.165) is 21.3 Å². The molecule has 1 amide bonds. The van der Waals surface area contributed by atoms with Crippen LogP contribution in [0.5, 0.6) is 0 Å². The van der Waals surface area contributed by atoms with E-state index in [1.807, 2.05) is 57.1 Å². The molecule has 0 heterocycles. The lowest BCUT2D eigenvalue weighted by Crippen LogP contribution is -2.21. The van der Waals surface area contributed by atoms with E-state index in [2.05, 4.69) is 21.2 Å². The molecule has 0 atom stereocenters. The fourth-order valence-corrected chi connectivity index (χ4v) is 2.55. The lowest BCUT2D eigenvalue weighted by molar-refractivity contribution is -0.119. The van der Waals surface area contributed by atoms with Crippen molar-refractivity contribution in [3.63, 3.8) is 0 Å². The number of amides is 1. The molecular weight excluding hydrogens is 384 g/mol. The molecule has 0 radical (unpaired) electrons. The number of aryl methyl sites for hydroxylation is 2. The number of nitrogens with zero attached hydrogens (tertiary/aromatic N) is 1. The maximum atomic E-state index is 12.0. The van der Waals surface area contributed by atoms with Gasteiger partial charge in [0.1, 0.15) is 0 Å². The molecule has 5 nitrogen and oxygen atoms in total. The maximum absolute atomic E-state index is 12.0. The van der Waals surface area contributed by atoms with Gasteiger partial charge in [0, 0.05) is 29.9 Å². The van der Waals surface area contributed by atoms with Gasteiger partial charge in [-0.15, -0.1) is 0 Å². The third-order valence-electron chi connectivity index (χ3n) is 3.67. The summed E-state index contributed by atoms with van der Waals surface area (Å²) in [4.78, 5) is 25.9. The van der Waals surface area contributed by atoms with E-state index in [4.69, 9.17) is 4.74 Å². The highest BCUT2D eigenvalue weighted by molar-refractivity contribution is 9.10. The normalized spacial score (nSPS) is 10.3. The molecule has 2 aromatic carbocycles. The van der Waals surface area contributed by atoms with Crippen molar-refractivity contribution in [1.82, 2.24) is 0 Å². The zero-order chi connectivity index (χ0) is 18.6. The van der Waals surface area contributed by atoms with Gasteiger partial charge >= 0.3 is 5.97 Å². The molecule has 0 saturated heterocycles. The van der Waals surface area contributed by atoms with Gasteiger partial charge in [-0.3, -0.25) is 4.79 Å². The van der Waals surface area contributed by atoms with Crippen LogP contribution in [0.2, 0.25) is 0 Å². The van der Waals surface area contributed by atoms with Crippen LogP contribution in [0.3, 0.4) is 0 Å². The molecule has 2 rings (SSSR count).